The van der Waals surface area contributed by atoms with Crippen LogP contribution < -0.4 is 5.32 Å². The average Bonchev–Trinajstić information content (AvgIpc) is 2.84. The first-order valence-corrected chi connectivity index (χ1v) is 10.5. The monoisotopic (exact) mass is 470 g/mol. The molecule has 29 heavy (non-hydrogen) atoms. The minimum Gasteiger partial charge on any atom is -0.499 e. The van der Waals surface area contributed by atoms with Crippen LogP contribution in [0.2, 0.25) is 0 Å². The van der Waals surface area contributed by atoms with Crippen LogP contribution in [0.15, 0.2) is 11.8 Å². The lowest BCUT2D eigenvalue weighted by Crippen LogP contribution is -2.53. The van der Waals surface area contributed by atoms with Crippen molar-refractivity contribution in [3.63, 3.8) is 0 Å². The molecule has 0 aromatic rings. The van der Waals surface area contributed by atoms with Crippen molar-refractivity contribution >= 4 is 52.7 Å². The van der Waals surface area contributed by atoms with E-state index >= 15 is 0 Å². The highest BCUT2D eigenvalue weighted by atomic mass is 35.6. The van der Waals surface area contributed by atoms with E-state index in [2.05, 4.69) is 5.32 Å². The Kier molecular flexibility index (Phi) is 9.12. The summed E-state index contributed by atoms with van der Waals surface area (Å²) in [6, 6.07) is -1.67. The second kappa shape index (κ2) is 10.2. The second-order valence-electron chi connectivity index (χ2n) is 8.30. The first kappa shape index (κ1) is 25.9. The average molecular weight is 472 g/mol. The highest BCUT2D eigenvalue weighted by molar-refractivity contribution is 6.67. The van der Waals surface area contributed by atoms with E-state index in [1.165, 1.54) is 13.2 Å². The van der Waals surface area contributed by atoms with Gasteiger partial charge in [0.15, 0.2) is 3.79 Å². The molecule has 10 heteroatoms. The number of carbonyl (C=O) groups is 3. The number of imide groups is 1. The van der Waals surface area contributed by atoms with E-state index < -0.39 is 39.4 Å². The smallest absolute Gasteiger partial charge is 0.408 e. The Morgan fingerprint density at radius 2 is 1.83 bits per heavy atom. The molecule has 1 aliphatic heterocycles. The van der Waals surface area contributed by atoms with Crippen molar-refractivity contribution in [1.82, 2.24) is 10.2 Å². The van der Waals surface area contributed by atoms with Crippen molar-refractivity contribution in [2.24, 2.45) is 5.92 Å². The highest BCUT2D eigenvalue weighted by Crippen LogP contribution is 2.35. The van der Waals surface area contributed by atoms with Crippen molar-refractivity contribution in [3.8, 4) is 0 Å². The van der Waals surface area contributed by atoms with Crippen molar-refractivity contribution in [3.05, 3.63) is 11.8 Å². The van der Waals surface area contributed by atoms with Crippen LogP contribution in [0.3, 0.4) is 0 Å². The molecule has 3 amide bonds. The highest BCUT2D eigenvalue weighted by Gasteiger charge is 2.42. The predicted molar refractivity (Wildman–Crippen MR) is 113 cm³/mol. The normalized spacial score (nSPS) is 18.6. The number of rotatable bonds is 7. The molecule has 7 nitrogen and oxygen atoms in total. The van der Waals surface area contributed by atoms with Gasteiger partial charge < -0.3 is 14.8 Å². The number of amides is 3. The summed E-state index contributed by atoms with van der Waals surface area (Å²) in [7, 11) is 1.40. The largest absolute Gasteiger partial charge is 0.499 e. The number of alkyl carbamates (subject to hydrolysis) is 1. The minimum absolute atomic E-state index is 0.0751. The fraction of sp³-hybridized carbons (Fsp3) is 0.737. The van der Waals surface area contributed by atoms with E-state index in [0.717, 1.165) is 4.90 Å². The molecule has 166 valence electrons. The number of ether oxygens (including phenoxy) is 2. The number of nitrogens with zero attached hydrogens (tertiary/aromatic N) is 1. The summed E-state index contributed by atoms with van der Waals surface area (Å²) >= 11 is 17.5. The molecule has 1 N–H and O–H groups in total. The molecule has 0 spiro atoms. The van der Waals surface area contributed by atoms with Crippen molar-refractivity contribution in [1.29, 1.82) is 0 Å². The molecule has 2 atom stereocenters. The Bertz CT molecular complexity index is 653. The van der Waals surface area contributed by atoms with Crippen molar-refractivity contribution < 1.29 is 23.9 Å². The molecule has 0 fully saturated rings. The van der Waals surface area contributed by atoms with Crippen molar-refractivity contribution in [2.75, 3.05) is 7.11 Å². The van der Waals surface area contributed by atoms with E-state index in [-0.39, 0.29) is 18.8 Å². The summed E-state index contributed by atoms with van der Waals surface area (Å²) < 4.78 is 8.97. The van der Waals surface area contributed by atoms with Crippen LogP contribution >= 0.6 is 34.8 Å². The van der Waals surface area contributed by atoms with E-state index in [0.29, 0.717) is 12.2 Å². The second-order valence-corrected chi connectivity index (χ2v) is 10.8. The van der Waals surface area contributed by atoms with E-state index in [4.69, 9.17) is 44.3 Å². The molecule has 0 radical (unpaired) electrons. The van der Waals surface area contributed by atoms with Crippen LogP contribution in [0.25, 0.3) is 0 Å². The maximum Gasteiger partial charge on any atom is 0.408 e. The van der Waals surface area contributed by atoms with Crippen LogP contribution in [-0.2, 0) is 19.1 Å². The molecular weight excluding hydrogens is 443 g/mol. The summed E-state index contributed by atoms with van der Waals surface area (Å²) in [5, 5.41) is 2.58. The quantitative estimate of drug-likeness (QED) is 0.558. The lowest BCUT2D eigenvalue weighted by atomic mass is 10.0. The number of alkyl halides is 3. The maximum absolute atomic E-state index is 13.2. The summed E-state index contributed by atoms with van der Waals surface area (Å²) in [5.74, 6) is -0.725. The summed E-state index contributed by atoms with van der Waals surface area (Å²) in [6.07, 6.45) is 1.13. The molecule has 0 saturated carbocycles. The standard InChI is InChI=1S/C19H29Cl3N2O5/c1-11(2)9-12(23-17(27)29-18(3,4)5)16(26)24-13(7-8-19(20,21)22)14(28-6)10-15(24)25/h10-13H,7-9H2,1-6H3,(H,23,27)/t12-,13+/m0/s1. The van der Waals surface area contributed by atoms with E-state index in [9.17, 15) is 14.4 Å². The third-order valence-electron chi connectivity index (χ3n) is 4.01. The van der Waals surface area contributed by atoms with Crippen LogP contribution in [0, 0.1) is 5.92 Å². The molecule has 0 unspecified atom stereocenters. The fourth-order valence-electron chi connectivity index (χ4n) is 2.91. The van der Waals surface area contributed by atoms with Crippen LogP contribution in [0.4, 0.5) is 4.79 Å². The molecule has 0 aromatic carbocycles. The SMILES string of the molecule is COC1=CC(=O)N(C(=O)[C@H](CC(C)C)NC(=O)OC(C)(C)C)[C@@H]1CCC(Cl)(Cl)Cl. The van der Waals surface area contributed by atoms with Gasteiger partial charge in [0.25, 0.3) is 11.8 Å². The van der Waals surface area contributed by atoms with Gasteiger partial charge in [-0.15, -0.1) is 0 Å². The zero-order valence-electron chi connectivity index (χ0n) is 17.6. The molecule has 0 aliphatic carbocycles. The van der Waals surface area contributed by atoms with Gasteiger partial charge in [-0.05, 0) is 46.0 Å². The third kappa shape index (κ3) is 8.60. The van der Waals surface area contributed by atoms with Gasteiger partial charge in [0.2, 0.25) is 0 Å². The first-order chi connectivity index (χ1) is 13.1. The predicted octanol–water partition coefficient (Wildman–Crippen LogP) is 4.34. The van der Waals surface area contributed by atoms with Gasteiger partial charge in [-0.25, -0.2) is 4.79 Å². The number of nitrogens with one attached hydrogen (secondary N) is 1. The Balaban J connectivity index is 3.07. The Morgan fingerprint density at radius 3 is 2.28 bits per heavy atom. The Morgan fingerprint density at radius 1 is 1.24 bits per heavy atom. The summed E-state index contributed by atoms with van der Waals surface area (Å²) in [6.45, 7) is 8.97. The summed E-state index contributed by atoms with van der Waals surface area (Å²) in [5.41, 5.74) is -0.726. The van der Waals surface area contributed by atoms with Gasteiger partial charge in [0.05, 0.1) is 13.2 Å². The zero-order chi connectivity index (χ0) is 22.6. The Labute approximate surface area is 187 Å². The van der Waals surface area contributed by atoms with Gasteiger partial charge in [0.1, 0.15) is 17.4 Å². The van der Waals surface area contributed by atoms with E-state index in [1.807, 2.05) is 13.8 Å². The van der Waals surface area contributed by atoms with Gasteiger partial charge in [-0.1, -0.05) is 48.7 Å². The Hall–Kier alpha value is -1.18. The third-order valence-corrected chi connectivity index (χ3v) is 4.58. The number of methoxy groups -OCH3 is 1. The minimum atomic E-state index is -1.54. The summed E-state index contributed by atoms with van der Waals surface area (Å²) in [4.78, 5) is 39.1. The van der Waals surface area contributed by atoms with Gasteiger partial charge in [0, 0.05) is 6.08 Å². The van der Waals surface area contributed by atoms with Crippen LogP contribution in [0.1, 0.15) is 53.9 Å². The number of carbonyl (C=O) groups excluding carboxylic acids is 3. The van der Waals surface area contributed by atoms with Gasteiger partial charge in [-0.2, -0.15) is 0 Å². The number of hydrogen-bond donors (Lipinski definition) is 1. The van der Waals surface area contributed by atoms with Gasteiger partial charge in [-0.3, -0.25) is 14.5 Å². The first-order valence-electron chi connectivity index (χ1n) is 9.33. The molecule has 0 aromatic heterocycles. The fourth-order valence-corrected chi connectivity index (χ4v) is 3.24. The molecule has 1 rings (SSSR count). The lowest BCUT2D eigenvalue weighted by Gasteiger charge is -2.30. The number of halogens is 3. The number of hydrogen-bond acceptors (Lipinski definition) is 5. The zero-order valence-corrected chi connectivity index (χ0v) is 19.8. The lowest BCUT2D eigenvalue weighted by molar-refractivity contribution is -0.145. The molecule has 0 saturated heterocycles. The topological polar surface area (TPSA) is 84.9 Å². The molecule has 0 bridgehead atoms. The van der Waals surface area contributed by atoms with Crippen molar-refractivity contribution in [2.45, 2.75) is 75.4 Å². The van der Waals surface area contributed by atoms with Crippen LogP contribution in [-0.4, -0.2) is 51.4 Å². The molecule has 1 heterocycles. The maximum atomic E-state index is 13.2. The van der Waals surface area contributed by atoms with Crippen LogP contribution in [0.5, 0.6) is 0 Å². The molecular formula is C19H29Cl3N2O5. The van der Waals surface area contributed by atoms with Gasteiger partial charge >= 0.3 is 6.09 Å². The van der Waals surface area contributed by atoms with E-state index in [1.54, 1.807) is 20.8 Å². The molecule has 1 aliphatic rings.